The number of hydrogen-bond acceptors (Lipinski definition) is 4. The summed E-state index contributed by atoms with van der Waals surface area (Å²) in [6, 6.07) is 11.9. The van der Waals surface area contributed by atoms with Crippen molar-refractivity contribution in [1.82, 2.24) is 0 Å². The molecule has 20 heavy (non-hydrogen) atoms. The zero-order chi connectivity index (χ0) is 14.1. The Labute approximate surface area is 121 Å². The quantitative estimate of drug-likeness (QED) is 0.731. The number of anilines is 1. The zero-order valence-electron chi connectivity index (χ0n) is 11.3. The lowest BCUT2D eigenvalue weighted by Gasteiger charge is -2.03. The predicted octanol–water partition coefficient (Wildman–Crippen LogP) is 4.73. The lowest BCUT2D eigenvalue weighted by molar-refractivity contribution is 0.467. The molecule has 0 spiro atoms. The van der Waals surface area contributed by atoms with Gasteiger partial charge >= 0.3 is 0 Å². The van der Waals surface area contributed by atoms with Gasteiger partial charge in [-0.15, -0.1) is 11.3 Å². The summed E-state index contributed by atoms with van der Waals surface area (Å²) in [7, 11) is 1.79. The molecule has 0 amide bonds. The van der Waals surface area contributed by atoms with E-state index in [1.165, 1.54) is 11.3 Å². The van der Waals surface area contributed by atoms with E-state index in [0.29, 0.717) is 17.2 Å². The van der Waals surface area contributed by atoms with Crippen LogP contribution in [-0.4, -0.2) is 12.2 Å². The standard InChI is InChI=1S/C16H15NO2S/c1-10-5-3-6-11(9-10)13-14(18)15(19-16(13)17-2)12-7-4-8-20-12/h3-9,17-18H,1-2H3. The van der Waals surface area contributed by atoms with Crippen LogP contribution in [0.4, 0.5) is 5.88 Å². The molecule has 3 rings (SSSR count). The van der Waals surface area contributed by atoms with Gasteiger partial charge in [0.1, 0.15) is 0 Å². The molecule has 0 aliphatic heterocycles. The van der Waals surface area contributed by atoms with Gasteiger partial charge in [-0.3, -0.25) is 0 Å². The van der Waals surface area contributed by atoms with E-state index in [9.17, 15) is 5.11 Å². The molecule has 1 aromatic carbocycles. The second-order valence-corrected chi connectivity index (χ2v) is 5.53. The second-order valence-electron chi connectivity index (χ2n) is 4.58. The van der Waals surface area contributed by atoms with Crippen LogP contribution < -0.4 is 5.32 Å². The van der Waals surface area contributed by atoms with Crippen molar-refractivity contribution in [2.45, 2.75) is 6.92 Å². The molecule has 0 unspecified atom stereocenters. The third-order valence-electron chi connectivity index (χ3n) is 3.16. The van der Waals surface area contributed by atoms with Gasteiger partial charge in [-0.25, -0.2) is 0 Å². The van der Waals surface area contributed by atoms with Gasteiger partial charge in [0.15, 0.2) is 11.5 Å². The summed E-state index contributed by atoms with van der Waals surface area (Å²) in [6.07, 6.45) is 0. The van der Waals surface area contributed by atoms with E-state index in [4.69, 9.17) is 4.42 Å². The molecular weight excluding hydrogens is 270 g/mol. The number of thiophene rings is 1. The number of nitrogens with one attached hydrogen (secondary N) is 1. The van der Waals surface area contributed by atoms with Gasteiger partial charge in [0, 0.05) is 7.05 Å². The fourth-order valence-electron chi connectivity index (χ4n) is 2.24. The van der Waals surface area contributed by atoms with Crippen LogP contribution in [0.25, 0.3) is 21.8 Å². The van der Waals surface area contributed by atoms with E-state index < -0.39 is 0 Å². The Hall–Kier alpha value is -2.20. The van der Waals surface area contributed by atoms with Gasteiger partial charge in [0.2, 0.25) is 5.88 Å². The molecular formula is C16H15NO2S. The van der Waals surface area contributed by atoms with Crippen molar-refractivity contribution >= 4 is 17.2 Å². The first kappa shape index (κ1) is 12.8. The molecule has 3 aromatic rings. The highest BCUT2D eigenvalue weighted by atomic mass is 32.1. The number of rotatable bonds is 3. The molecule has 2 aromatic heterocycles. The summed E-state index contributed by atoms with van der Waals surface area (Å²) in [5.74, 6) is 1.28. The number of hydrogen-bond donors (Lipinski definition) is 2. The van der Waals surface area contributed by atoms with Crippen LogP contribution in [0.3, 0.4) is 0 Å². The summed E-state index contributed by atoms with van der Waals surface area (Å²) < 4.78 is 5.78. The van der Waals surface area contributed by atoms with Crippen LogP contribution in [0, 0.1) is 6.92 Å². The van der Waals surface area contributed by atoms with Crippen molar-refractivity contribution in [3.63, 3.8) is 0 Å². The molecule has 0 fully saturated rings. The molecule has 0 radical (unpaired) electrons. The minimum Gasteiger partial charge on any atom is -0.504 e. The van der Waals surface area contributed by atoms with Gasteiger partial charge in [-0.2, -0.15) is 0 Å². The largest absolute Gasteiger partial charge is 0.504 e. The summed E-state index contributed by atoms with van der Waals surface area (Å²) in [6.45, 7) is 2.03. The topological polar surface area (TPSA) is 45.4 Å². The van der Waals surface area contributed by atoms with Crippen LogP contribution in [-0.2, 0) is 0 Å². The maximum atomic E-state index is 10.5. The summed E-state index contributed by atoms with van der Waals surface area (Å²) in [5.41, 5.74) is 2.79. The van der Waals surface area contributed by atoms with Crippen molar-refractivity contribution in [3.05, 3.63) is 47.3 Å². The highest BCUT2D eigenvalue weighted by molar-refractivity contribution is 7.13. The van der Waals surface area contributed by atoms with E-state index >= 15 is 0 Å². The normalized spacial score (nSPS) is 10.7. The Balaban J connectivity index is 2.20. The van der Waals surface area contributed by atoms with Crippen molar-refractivity contribution in [2.75, 3.05) is 12.4 Å². The molecule has 2 N–H and O–H groups in total. The number of aryl methyl sites for hydroxylation is 1. The third kappa shape index (κ3) is 2.08. The SMILES string of the molecule is CNc1oc(-c2cccs2)c(O)c1-c1cccc(C)c1. The first-order valence-electron chi connectivity index (χ1n) is 6.35. The maximum Gasteiger partial charge on any atom is 0.205 e. The highest BCUT2D eigenvalue weighted by Gasteiger charge is 2.22. The van der Waals surface area contributed by atoms with E-state index in [1.54, 1.807) is 7.05 Å². The molecule has 2 heterocycles. The summed E-state index contributed by atoms with van der Waals surface area (Å²) in [5, 5.41) is 15.5. The van der Waals surface area contributed by atoms with Crippen LogP contribution in [0.1, 0.15) is 5.56 Å². The average Bonchev–Trinajstić information content (AvgIpc) is 3.05. The fourth-order valence-corrected chi connectivity index (χ4v) is 2.95. The first-order valence-corrected chi connectivity index (χ1v) is 7.23. The molecule has 0 bridgehead atoms. The van der Waals surface area contributed by atoms with Gasteiger partial charge in [0.25, 0.3) is 0 Å². The second kappa shape index (κ2) is 5.06. The maximum absolute atomic E-state index is 10.5. The molecule has 4 heteroatoms. The van der Waals surface area contributed by atoms with E-state index in [2.05, 4.69) is 5.32 Å². The molecule has 0 aliphatic rings. The fraction of sp³-hybridized carbons (Fsp3) is 0.125. The van der Waals surface area contributed by atoms with Crippen LogP contribution >= 0.6 is 11.3 Å². The van der Waals surface area contributed by atoms with Gasteiger partial charge in [-0.05, 0) is 23.9 Å². The van der Waals surface area contributed by atoms with Crippen molar-refractivity contribution in [3.8, 4) is 27.5 Å². The van der Waals surface area contributed by atoms with Gasteiger partial charge < -0.3 is 14.8 Å². The monoisotopic (exact) mass is 285 g/mol. The zero-order valence-corrected chi connectivity index (χ0v) is 12.1. The number of furan rings is 1. The van der Waals surface area contributed by atoms with E-state index in [0.717, 1.165) is 16.0 Å². The molecule has 102 valence electrons. The molecule has 0 saturated heterocycles. The third-order valence-corrected chi connectivity index (χ3v) is 4.03. The Morgan fingerprint density at radius 2 is 2.05 bits per heavy atom. The Morgan fingerprint density at radius 1 is 1.20 bits per heavy atom. The minimum atomic E-state index is 0.183. The van der Waals surface area contributed by atoms with E-state index in [-0.39, 0.29) is 5.75 Å². The Kier molecular flexibility index (Phi) is 3.24. The Bertz CT molecular complexity index is 729. The number of aromatic hydroxyl groups is 1. The van der Waals surface area contributed by atoms with Crippen LogP contribution in [0.5, 0.6) is 5.75 Å². The van der Waals surface area contributed by atoms with Crippen molar-refractivity contribution in [1.29, 1.82) is 0 Å². The summed E-state index contributed by atoms with van der Waals surface area (Å²) in [4.78, 5) is 0.915. The summed E-state index contributed by atoms with van der Waals surface area (Å²) >= 11 is 1.54. The van der Waals surface area contributed by atoms with Crippen LogP contribution in [0.2, 0.25) is 0 Å². The lowest BCUT2D eigenvalue weighted by Crippen LogP contribution is -1.88. The molecule has 0 saturated carbocycles. The predicted molar refractivity (Wildman–Crippen MR) is 83.4 cm³/mol. The van der Waals surface area contributed by atoms with Crippen molar-refractivity contribution in [2.24, 2.45) is 0 Å². The first-order chi connectivity index (χ1) is 9.70. The molecule has 3 nitrogen and oxygen atoms in total. The van der Waals surface area contributed by atoms with E-state index in [1.807, 2.05) is 48.7 Å². The molecule has 0 atom stereocenters. The molecule has 0 aliphatic carbocycles. The lowest BCUT2D eigenvalue weighted by atomic mass is 10.0. The highest BCUT2D eigenvalue weighted by Crippen LogP contribution is 2.47. The number of benzene rings is 1. The van der Waals surface area contributed by atoms with Crippen LogP contribution in [0.15, 0.2) is 46.2 Å². The average molecular weight is 285 g/mol. The minimum absolute atomic E-state index is 0.183. The smallest absolute Gasteiger partial charge is 0.205 e. The van der Waals surface area contributed by atoms with Gasteiger partial charge in [-0.1, -0.05) is 35.9 Å². The Morgan fingerprint density at radius 3 is 2.70 bits per heavy atom. The van der Waals surface area contributed by atoms with Crippen molar-refractivity contribution < 1.29 is 9.52 Å². The van der Waals surface area contributed by atoms with Gasteiger partial charge in [0.05, 0.1) is 10.4 Å².